The molecule has 0 saturated heterocycles. The van der Waals surface area contributed by atoms with Gasteiger partial charge in [0.05, 0.1) is 7.11 Å². The summed E-state index contributed by atoms with van der Waals surface area (Å²) in [6.45, 7) is 1.73. The van der Waals surface area contributed by atoms with Gasteiger partial charge in [-0.3, -0.25) is 14.4 Å². The highest BCUT2D eigenvalue weighted by atomic mass is 16.5. The Hall–Kier alpha value is -3.01. The Morgan fingerprint density at radius 3 is 2.15 bits per heavy atom. The highest BCUT2D eigenvalue weighted by Gasteiger charge is 2.43. The highest BCUT2D eigenvalue weighted by Crippen LogP contribution is 2.41. The van der Waals surface area contributed by atoms with E-state index < -0.39 is 5.92 Å². The molecule has 2 atom stereocenters. The molecule has 0 aliphatic heterocycles. The van der Waals surface area contributed by atoms with Crippen LogP contribution in [0.25, 0.3) is 0 Å². The Labute approximate surface area is 157 Å². The fourth-order valence-corrected chi connectivity index (χ4v) is 4.24. The first-order valence-corrected chi connectivity index (χ1v) is 9.10. The normalized spacial score (nSPS) is 21.8. The van der Waals surface area contributed by atoms with E-state index in [0.717, 1.165) is 11.3 Å². The van der Waals surface area contributed by atoms with Crippen LogP contribution in [0, 0.1) is 11.8 Å². The summed E-state index contributed by atoms with van der Waals surface area (Å²) in [6, 6.07) is 14.5. The number of hydrogen-bond donors (Lipinski definition) is 0. The van der Waals surface area contributed by atoms with Crippen molar-refractivity contribution in [3.63, 3.8) is 0 Å². The summed E-state index contributed by atoms with van der Waals surface area (Å²) in [5.74, 6) is -0.441. The van der Waals surface area contributed by atoms with Gasteiger partial charge in [-0.05, 0) is 24.0 Å². The third kappa shape index (κ3) is 2.72. The van der Waals surface area contributed by atoms with Gasteiger partial charge in [0, 0.05) is 34.6 Å². The molecular formula is C23H20O4. The van der Waals surface area contributed by atoms with E-state index >= 15 is 0 Å². The molecule has 4 heteroatoms. The first kappa shape index (κ1) is 17.4. The molecule has 0 heterocycles. The summed E-state index contributed by atoms with van der Waals surface area (Å²) < 4.78 is 5.42. The van der Waals surface area contributed by atoms with Crippen molar-refractivity contribution in [3.8, 4) is 5.75 Å². The zero-order valence-corrected chi connectivity index (χ0v) is 15.3. The van der Waals surface area contributed by atoms with E-state index in [1.165, 1.54) is 0 Å². The van der Waals surface area contributed by atoms with Gasteiger partial charge in [0.2, 0.25) is 0 Å². The minimum Gasteiger partial charge on any atom is -0.496 e. The van der Waals surface area contributed by atoms with Crippen LogP contribution in [0.3, 0.4) is 0 Å². The lowest BCUT2D eigenvalue weighted by Crippen LogP contribution is -2.37. The number of fused-ring (bicyclic) bond motifs is 1. The van der Waals surface area contributed by atoms with Crippen molar-refractivity contribution in [2.75, 3.05) is 7.11 Å². The predicted molar refractivity (Wildman–Crippen MR) is 101 cm³/mol. The SMILES string of the molecule is COc1ccccc1CC1CC(=O)C(C)C2=C1C(=O)c1ccccc1C2=O. The minimum atomic E-state index is -0.543. The van der Waals surface area contributed by atoms with Crippen molar-refractivity contribution in [1.82, 2.24) is 0 Å². The second-order valence-corrected chi connectivity index (χ2v) is 7.14. The summed E-state index contributed by atoms with van der Waals surface area (Å²) in [5, 5.41) is 0. The van der Waals surface area contributed by atoms with Crippen molar-refractivity contribution in [2.24, 2.45) is 11.8 Å². The molecule has 0 saturated carbocycles. The average molecular weight is 360 g/mol. The highest BCUT2D eigenvalue weighted by molar-refractivity contribution is 6.29. The fourth-order valence-electron chi connectivity index (χ4n) is 4.24. The molecule has 0 bridgehead atoms. The molecule has 136 valence electrons. The number of rotatable bonds is 3. The van der Waals surface area contributed by atoms with E-state index in [-0.39, 0.29) is 29.7 Å². The molecule has 4 nitrogen and oxygen atoms in total. The van der Waals surface area contributed by atoms with Gasteiger partial charge in [-0.15, -0.1) is 0 Å². The first-order chi connectivity index (χ1) is 13.0. The molecule has 0 N–H and O–H groups in total. The van der Waals surface area contributed by atoms with Crippen LogP contribution in [0.15, 0.2) is 59.7 Å². The molecule has 2 aliphatic carbocycles. The van der Waals surface area contributed by atoms with Crippen molar-refractivity contribution in [1.29, 1.82) is 0 Å². The van der Waals surface area contributed by atoms with E-state index in [1.807, 2.05) is 24.3 Å². The number of benzene rings is 2. The molecule has 27 heavy (non-hydrogen) atoms. The Balaban J connectivity index is 1.83. The topological polar surface area (TPSA) is 60.4 Å². The summed E-state index contributed by atoms with van der Waals surface area (Å²) in [5.41, 5.74) is 2.66. The predicted octanol–water partition coefficient (Wildman–Crippen LogP) is 3.84. The lowest BCUT2D eigenvalue weighted by atomic mass is 9.67. The Kier molecular flexibility index (Phi) is 4.27. The molecule has 2 aromatic rings. The molecule has 0 spiro atoms. The second kappa shape index (κ2) is 6.62. The molecule has 0 radical (unpaired) electrons. The molecule has 4 rings (SSSR count). The van der Waals surface area contributed by atoms with E-state index in [0.29, 0.717) is 28.7 Å². The number of ketones is 3. The smallest absolute Gasteiger partial charge is 0.190 e. The van der Waals surface area contributed by atoms with Crippen LogP contribution >= 0.6 is 0 Å². The molecule has 0 fully saturated rings. The third-order valence-electron chi connectivity index (χ3n) is 5.63. The number of carbonyl (C=O) groups excluding carboxylic acids is 3. The molecule has 2 aliphatic rings. The van der Waals surface area contributed by atoms with Gasteiger partial charge in [-0.25, -0.2) is 0 Å². The van der Waals surface area contributed by atoms with E-state index in [4.69, 9.17) is 4.74 Å². The maximum atomic E-state index is 13.3. The molecule has 0 amide bonds. The van der Waals surface area contributed by atoms with Crippen LogP contribution in [-0.2, 0) is 11.2 Å². The number of hydrogen-bond acceptors (Lipinski definition) is 4. The molecule has 0 aromatic heterocycles. The van der Waals surface area contributed by atoms with E-state index in [1.54, 1.807) is 38.3 Å². The van der Waals surface area contributed by atoms with Gasteiger partial charge in [-0.2, -0.15) is 0 Å². The Morgan fingerprint density at radius 2 is 1.48 bits per heavy atom. The van der Waals surface area contributed by atoms with Crippen LogP contribution < -0.4 is 4.74 Å². The van der Waals surface area contributed by atoms with Gasteiger partial charge >= 0.3 is 0 Å². The number of para-hydroxylation sites is 1. The number of allylic oxidation sites excluding steroid dienone is 2. The van der Waals surface area contributed by atoms with Gasteiger partial charge in [0.25, 0.3) is 0 Å². The van der Waals surface area contributed by atoms with Gasteiger partial charge in [-0.1, -0.05) is 49.4 Å². The molecule has 2 unspecified atom stereocenters. The van der Waals surface area contributed by atoms with Crippen LogP contribution in [0.2, 0.25) is 0 Å². The Bertz CT molecular complexity index is 999. The van der Waals surface area contributed by atoms with Crippen LogP contribution in [0.5, 0.6) is 5.75 Å². The maximum absolute atomic E-state index is 13.3. The average Bonchev–Trinajstić information content (AvgIpc) is 2.69. The first-order valence-electron chi connectivity index (χ1n) is 9.10. The number of ether oxygens (including phenoxy) is 1. The summed E-state index contributed by atoms with van der Waals surface area (Å²) in [7, 11) is 1.60. The third-order valence-corrected chi connectivity index (χ3v) is 5.63. The summed E-state index contributed by atoms with van der Waals surface area (Å²) >= 11 is 0. The van der Waals surface area contributed by atoms with Crippen molar-refractivity contribution < 1.29 is 19.1 Å². The van der Waals surface area contributed by atoms with Crippen molar-refractivity contribution in [3.05, 3.63) is 76.4 Å². The molecule has 2 aromatic carbocycles. The van der Waals surface area contributed by atoms with Gasteiger partial charge in [0.15, 0.2) is 11.6 Å². The van der Waals surface area contributed by atoms with Crippen molar-refractivity contribution >= 4 is 17.3 Å². The van der Waals surface area contributed by atoms with Crippen molar-refractivity contribution in [2.45, 2.75) is 19.8 Å². The number of Topliss-reactive ketones (excluding diaryl/α,β-unsaturated/α-hetero) is 3. The van der Waals surface area contributed by atoms with Crippen LogP contribution in [-0.4, -0.2) is 24.5 Å². The zero-order valence-electron chi connectivity index (χ0n) is 15.3. The van der Waals surface area contributed by atoms with Crippen LogP contribution in [0.4, 0.5) is 0 Å². The largest absolute Gasteiger partial charge is 0.496 e. The quantitative estimate of drug-likeness (QED) is 0.834. The standard InChI is InChI=1S/C23H20O4/c1-13-18(24)12-15(11-14-7-3-6-10-19(14)27-2)21-20(13)22(25)16-8-4-5-9-17(16)23(21)26/h3-10,13,15H,11-12H2,1-2H3. The Morgan fingerprint density at radius 1 is 0.889 bits per heavy atom. The lowest BCUT2D eigenvalue weighted by molar-refractivity contribution is -0.122. The second-order valence-electron chi connectivity index (χ2n) is 7.14. The zero-order chi connectivity index (χ0) is 19.1. The number of methoxy groups -OCH3 is 1. The van der Waals surface area contributed by atoms with Gasteiger partial charge in [0.1, 0.15) is 11.5 Å². The molecular weight excluding hydrogens is 340 g/mol. The maximum Gasteiger partial charge on any atom is 0.190 e. The van der Waals surface area contributed by atoms with E-state index in [2.05, 4.69) is 0 Å². The van der Waals surface area contributed by atoms with Gasteiger partial charge < -0.3 is 4.74 Å². The fraction of sp³-hybridized carbons (Fsp3) is 0.261. The van der Waals surface area contributed by atoms with E-state index in [9.17, 15) is 14.4 Å². The minimum absolute atomic E-state index is 0.00850. The monoisotopic (exact) mass is 360 g/mol. The summed E-state index contributed by atoms with van der Waals surface area (Å²) in [6.07, 6.45) is 0.752. The summed E-state index contributed by atoms with van der Waals surface area (Å²) in [4.78, 5) is 39.0. The van der Waals surface area contributed by atoms with Crippen LogP contribution in [0.1, 0.15) is 39.6 Å². The lowest BCUT2D eigenvalue weighted by Gasteiger charge is -2.33. The number of carbonyl (C=O) groups is 3.